The molecule has 0 N–H and O–H groups in total. The Morgan fingerprint density at radius 1 is 1.00 bits per heavy atom. The second-order valence-electron chi connectivity index (χ2n) is 4.67. The number of halogens is 3. The fourth-order valence-corrected chi connectivity index (χ4v) is 10.9. The number of rotatable bonds is 7. The third-order valence-electron chi connectivity index (χ3n) is 3.71. The molecule has 0 saturated carbocycles. The summed E-state index contributed by atoms with van der Waals surface area (Å²) in [4.78, 5) is 0. The first-order valence-electron chi connectivity index (χ1n) is 6.81. The molecule has 0 fully saturated rings. The summed E-state index contributed by atoms with van der Waals surface area (Å²) < 4.78 is 48.9. The predicted molar refractivity (Wildman–Crippen MR) is 70.4 cm³/mol. The first-order valence-corrected chi connectivity index (χ1v) is 11.8. The number of benzene rings is 1. The van der Waals surface area contributed by atoms with Crippen LogP contribution >= 0.6 is 0 Å². The summed E-state index contributed by atoms with van der Waals surface area (Å²) in [5.74, 6) is 0.476. The van der Waals surface area contributed by atoms with E-state index in [0.717, 1.165) is 30.3 Å². The molecule has 0 spiro atoms. The molecule has 1 rings (SSSR count). The van der Waals surface area contributed by atoms with E-state index in [4.69, 9.17) is 6.82 Å². The second kappa shape index (κ2) is 7.57. The van der Waals surface area contributed by atoms with E-state index in [1.807, 2.05) is 0 Å². The molecule has 7 heteroatoms. The van der Waals surface area contributed by atoms with Gasteiger partial charge in [-0.05, 0) is 0 Å². The minimum absolute atomic E-state index is 0.476. The maximum atomic E-state index is 12.4. The zero-order valence-electron chi connectivity index (χ0n) is 12.1. The van der Waals surface area contributed by atoms with Crippen LogP contribution in [0.3, 0.4) is 0 Å². The predicted octanol–water partition coefficient (Wildman–Crippen LogP) is 5.02. The van der Waals surface area contributed by atoms with Crippen LogP contribution in [0.4, 0.5) is 13.2 Å². The van der Waals surface area contributed by atoms with Gasteiger partial charge in [0.2, 0.25) is 0 Å². The summed E-state index contributed by atoms with van der Waals surface area (Å²) in [5, 5.41) is 0. The van der Waals surface area contributed by atoms with E-state index in [1.54, 1.807) is 0 Å². The Balaban J connectivity index is 2.54. The molecule has 110 valence electrons. The fraction of sp³-hybridized carbons (Fsp3) is 0.538. The van der Waals surface area contributed by atoms with E-state index in [9.17, 15) is 13.2 Å². The van der Waals surface area contributed by atoms with Crippen LogP contribution in [0, 0.1) is 0 Å². The van der Waals surface area contributed by atoms with Crippen molar-refractivity contribution in [2.75, 3.05) is 0 Å². The Morgan fingerprint density at radius 2 is 1.50 bits per heavy atom. The molecule has 0 aromatic heterocycles. The van der Waals surface area contributed by atoms with Crippen LogP contribution in [0.5, 0.6) is 5.75 Å². The Kier molecular flexibility index (Phi) is 6.69. The molecule has 0 saturated heterocycles. The van der Waals surface area contributed by atoms with E-state index in [1.165, 1.54) is 12.1 Å². The van der Waals surface area contributed by atoms with Gasteiger partial charge in [-0.1, -0.05) is 0 Å². The van der Waals surface area contributed by atoms with Crippen molar-refractivity contribution < 1.29 is 37.8 Å². The van der Waals surface area contributed by atoms with Crippen molar-refractivity contribution in [3.63, 3.8) is 0 Å². The third-order valence-corrected chi connectivity index (χ3v) is 13.8. The van der Waals surface area contributed by atoms with Crippen LogP contribution < -0.4 is 3.56 Å². The first-order chi connectivity index (χ1) is 9.37. The molecule has 2 nitrogen and oxygen atoms in total. The molecule has 0 amide bonds. The molecule has 1 aromatic rings. The van der Waals surface area contributed by atoms with Gasteiger partial charge in [-0.2, -0.15) is 0 Å². The molecule has 0 aliphatic heterocycles. The van der Waals surface area contributed by atoms with Gasteiger partial charge < -0.3 is 0 Å². The standard InChI is InChI=1S/C7H5F3O.C6H15OSi.Zn/c8-7(9,10)5-1-3-6(11)4-2-5;1-4-8(7,5-2)6-3;/h1-4,11H;4-6H2,1-3H3;/q;-1;+2/p-1. The molecule has 20 heavy (non-hydrogen) atoms. The van der Waals surface area contributed by atoms with E-state index < -0.39 is 37.9 Å². The Hall–Kier alpha value is -0.390. The quantitative estimate of drug-likeness (QED) is 0.638. The van der Waals surface area contributed by atoms with Crippen molar-refractivity contribution in [3.8, 4) is 5.75 Å². The van der Waals surface area contributed by atoms with Gasteiger partial charge in [-0.25, -0.2) is 0 Å². The summed E-state index contributed by atoms with van der Waals surface area (Å²) >= 11 is -1.64. The van der Waals surface area contributed by atoms with Crippen LogP contribution in [0.1, 0.15) is 26.3 Å². The van der Waals surface area contributed by atoms with E-state index in [-0.39, 0.29) is 0 Å². The van der Waals surface area contributed by atoms with Gasteiger partial charge in [0.15, 0.2) is 0 Å². The Morgan fingerprint density at radius 3 is 1.90 bits per heavy atom. The van der Waals surface area contributed by atoms with Crippen molar-refractivity contribution in [3.05, 3.63) is 29.8 Å². The monoisotopic (exact) mass is 356 g/mol. The van der Waals surface area contributed by atoms with Gasteiger partial charge in [0.05, 0.1) is 0 Å². The van der Waals surface area contributed by atoms with Crippen LogP contribution in [-0.4, -0.2) is 8.32 Å². The van der Waals surface area contributed by atoms with E-state index in [0.29, 0.717) is 5.75 Å². The molecule has 0 radical (unpaired) electrons. The van der Waals surface area contributed by atoms with Crippen LogP contribution in [0.25, 0.3) is 0 Å². The van der Waals surface area contributed by atoms with E-state index >= 15 is 0 Å². The average Bonchev–Trinajstić information content (AvgIpc) is 2.44. The third kappa shape index (κ3) is 4.86. The molecular formula is C13H19F3O2SiZn. The first kappa shape index (κ1) is 17.7. The zero-order valence-corrected chi connectivity index (χ0v) is 16.1. The molecule has 0 heterocycles. The number of alkyl halides is 3. The van der Waals surface area contributed by atoms with Gasteiger partial charge in [0.1, 0.15) is 0 Å². The summed E-state index contributed by atoms with van der Waals surface area (Å²) in [5.41, 5.74) is -0.655. The van der Waals surface area contributed by atoms with Crippen molar-refractivity contribution in [2.45, 2.75) is 45.1 Å². The molecular weight excluding hydrogens is 339 g/mol. The maximum absolute atomic E-state index is 12.4. The normalized spacial score (nSPS) is 12.1. The van der Waals surface area contributed by atoms with Crippen LogP contribution in [0.15, 0.2) is 24.3 Å². The summed E-state index contributed by atoms with van der Waals surface area (Å²) in [6, 6.07) is 7.99. The molecule has 0 unspecified atom stereocenters. The molecule has 0 atom stereocenters. The SMILES string of the molecule is CC[Si](CC)(CC)[O][Zn][O]c1ccc(C(F)(F)F)cc1. The van der Waals surface area contributed by atoms with Crippen LogP contribution in [0.2, 0.25) is 18.1 Å². The Labute approximate surface area is 127 Å². The summed E-state index contributed by atoms with van der Waals surface area (Å²) in [7, 11) is -1.63. The molecule has 0 bridgehead atoms. The van der Waals surface area contributed by atoms with Crippen molar-refractivity contribution in [1.82, 2.24) is 0 Å². The Bertz CT molecular complexity index is 397. The van der Waals surface area contributed by atoms with Gasteiger partial charge in [0, 0.05) is 0 Å². The van der Waals surface area contributed by atoms with Crippen molar-refractivity contribution in [1.29, 1.82) is 0 Å². The molecule has 0 aliphatic carbocycles. The topological polar surface area (TPSA) is 18.5 Å². The van der Waals surface area contributed by atoms with Gasteiger partial charge in [-0.15, -0.1) is 0 Å². The van der Waals surface area contributed by atoms with Gasteiger partial charge in [0.25, 0.3) is 0 Å². The molecule has 0 aliphatic rings. The second-order valence-corrected chi connectivity index (χ2v) is 12.4. The van der Waals surface area contributed by atoms with Gasteiger partial charge >= 0.3 is 127 Å². The fourth-order valence-electron chi connectivity index (χ4n) is 2.02. The number of hydrogen-bond donors (Lipinski definition) is 0. The van der Waals surface area contributed by atoms with Gasteiger partial charge in [-0.3, -0.25) is 0 Å². The minimum atomic E-state index is -4.30. The van der Waals surface area contributed by atoms with Crippen LogP contribution in [-0.2, 0) is 27.3 Å². The zero-order chi connectivity index (χ0) is 15.2. The van der Waals surface area contributed by atoms with E-state index in [2.05, 4.69) is 20.8 Å². The summed E-state index contributed by atoms with van der Waals surface area (Å²) in [6.45, 7) is 6.42. The number of hydrogen-bond acceptors (Lipinski definition) is 2. The van der Waals surface area contributed by atoms with Crippen molar-refractivity contribution >= 4 is 8.32 Å². The molecule has 1 aromatic carbocycles. The van der Waals surface area contributed by atoms with Crippen molar-refractivity contribution in [2.24, 2.45) is 0 Å². The average molecular weight is 358 g/mol. The summed E-state index contributed by atoms with van der Waals surface area (Å²) in [6.07, 6.45) is -4.30.